The second kappa shape index (κ2) is 6.43. The van der Waals surface area contributed by atoms with Crippen LogP contribution in [0.1, 0.15) is 22.8 Å². The Balaban J connectivity index is 2.19. The second-order valence-electron chi connectivity index (χ2n) is 4.11. The highest BCUT2D eigenvalue weighted by Crippen LogP contribution is 2.05. The summed E-state index contributed by atoms with van der Waals surface area (Å²) in [5.41, 5.74) is 1.11. The zero-order valence-corrected chi connectivity index (χ0v) is 10.9. The van der Waals surface area contributed by atoms with Crippen LogP contribution in [0.25, 0.3) is 0 Å². The first-order chi connectivity index (χ1) is 9.68. The molecule has 2 aromatic carbocycles. The highest BCUT2D eigenvalue weighted by molar-refractivity contribution is 6.45. The van der Waals surface area contributed by atoms with Gasteiger partial charge in [-0.25, -0.2) is 4.79 Å². The van der Waals surface area contributed by atoms with Gasteiger partial charge in [0.1, 0.15) is 0 Å². The Bertz CT molecular complexity index is 633. The molecule has 0 saturated carbocycles. The maximum atomic E-state index is 11.8. The maximum Gasteiger partial charge on any atom is 0.365 e. The lowest BCUT2D eigenvalue weighted by Crippen LogP contribution is -2.13. The molecule has 0 aliphatic heterocycles. The van der Waals surface area contributed by atoms with Crippen molar-refractivity contribution in [3.63, 3.8) is 0 Å². The molecule has 0 bridgehead atoms. The zero-order valence-electron chi connectivity index (χ0n) is 10.9. The summed E-state index contributed by atoms with van der Waals surface area (Å²) >= 11 is 0. The number of oxime groups is 1. The number of Topliss-reactive ketones (excluding diaryl/α,β-unsaturated/α-hetero) is 1. The van der Waals surface area contributed by atoms with E-state index in [-0.39, 0.29) is 11.5 Å². The summed E-state index contributed by atoms with van der Waals surface area (Å²) in [6.45, 7) is 1.38. The molecule has 0 saturated heterocycles. The molecule has 0 N–H and O–H groups in total. The van der Waals surface area contributed by atoms with E-state index in [0.717, 1.165) is 0 Å². The predicted octanol–water partition coefficient (Wildman–Crippen LogP) is 2.84. The number of benzene rings is 2. The average molecular weight is 267 g/mol. The van der Waals surface area contributed by atoms with Crippen LogP contribution in [-0.2, 0) is 9.63 Å². The Morgan fingerprint density at radius 1 is 0.850 bits per heavy atom. The number of hydrogen-bond acceptors (Lipinski definition) is 4. The van der Waals surface area contributed by atoms with Gasteiger partial charge in [0.05, 0.1) is 5.56 Å². The van der Waals surface area contributed by atoms with Crippen molar-refractivity contribution in [3.05, 3.63) is 71.8 Å². The largest absolute Gasteiger partial charge is 0.365 e. The van der Waals surface area contributed by atoms with Crippen LogP contribution in [0, 0.1) is 0 Å². The number of rotatable bonds is 4. The third kappa shape index (κ3) is 3.38. The number of ketones is 1. The molecular formula is C16H13NO3. The molecule has 0 amide bonds. The third-order valence-corrected chi connectivity index (χ3v) is 2.61. The van der Waals surface area contributed by atoms with E-state index in [1.165, 1.54) is 6.92 Å². The van der Waals surface area contributed by atoms with Gasteiger partial charge in [-0.3, -0.25) is 4.79 Å². The van der Waals surface area contributed by atoms with Crippen LogP contribution in [0.5, 0.6) is 0 Å². The van der Waals surface area contributed by atoms with Gasteiger partial charge in [0.25, 0.3) is 0 Å². The summed E-state index contributed by atoms with van der Waals surface area (Å²) in [6.07, 6.45) is 0. The first-order valence-corrected chi connectivity index (χ1v) is 6.09. The highest BCUT2D eigenvalue weighted by Gasteiger charge is 2.12. The quantitative estimate of drug-likeness (QED) is 0.486. The molecule has 0 fully saturated rings. The summed E-state index contributed by atoms with van der Waals surface area (Å²) in [6, 6.07) is 17.4. The summed E-state index contributed by atoms with van der Waals surface area (Å²) < 4.78 is 0. The number of hydrogen-bond donors (Lipinski definition) is 0. The minimum Gasteiger partial charge on any atom is -0.312 e. The number of nitrogens with zero attached hydrogens (tertiary/aromatic N) is 1. The van der Waals surface area contributed by atoms with Gasteiger partial charge in [-0.15, -0.1) is 0 Å². The Hall–Kier alpha value is -2.75. The topological polar surface area (TPSA) is 55.7 Å². The predicted molar refractivity (Wildman–Crippen MR) is 75.5 cm³/mol. The molecule has 0 spiro atoms. The molecule has 0 heterocycles. The molecular weight excluding hydrogens is 254 g/mol. The Morgan fingerprint density at radius 2 is 1.35 bits per heavy atom. The normalized spacial score (nSPS) is 10.9. The van der Waals surface area contributed by atoms with Gasteiger partial charge in [-0.2, -0.15) is 0 Å². The van der Waals surface area contributed by atoms with Crippen molar-refractivity contribution in [2.24, 2.45) is 5.16 Å². The van der Waals surface area contributed by atoms with Gasteiger partial charge in [0, 0.05) is 12.5 Å². The lowest BCUT2D eigenvalue weighted by atomic mass is 10.1. The molecule has 0 aliphatic carbocycles. The van der Waals surface area contributed by atoms with Crippen molar-refractivity contribution in [1.82, 2.24) is 0 Å². The van der Waals surface area contributed by atoms with E-state index in [1.807, 2.05) is 6.07 Å². The molecule has 20 heavy (non-hydrogen) atoms. The molecule has 0 radical (unpaired) electrons. The third-order valence-electron chi connectivity index (χ3n) is 2.61. The van der Waals surface area contributed by atoms with E-state index in [9.17, 15) is 9.59 Å². The van der Waals surface area contributed by atoms with Gasteiger partial charge in [-0.1, -0.05) is 53.7 Å². The molecule has 4 nitrogen and oxygen atoms in total. The SMILES string of the molecule is CC(=O)/C(=N\OC(=O)c1ccccc1)c1ccccc1. The monoisotopic (exact) mass is 267 g/mol. The van der Waals surface area contributed by atoms with Crippen LogP contribution < -0.4 is 0 Å². The second-order valence-corrected chi connectivity index (χ2v) is 4.11. The Labute approximate surface area is 116 Å². The van der Waals surface area contributed by atoms with Crippen molar-refractivity contribution >= 4 is 17.5 Å². The highest BCUT2D eigenvalue weighted by atomic mass is 16.7. The van der Waals surface area contributed by atoms with Crippen LogP contribution in [0.3, 0.4) is 0 Å². The fourth-order valence-electron chi connectivity index (χ4n) is 1.63. The van der Waals surface area contributed by atoms with Crippen LogP contribution in [-0.4, -0.2) is 17.5 Å². The number of carbonyl (C=O) groups is 2. The van der Waals surface area contributed by atoms with Gasteiger partial charge in [-0.05, 0) is 12.1 Å². The van der Waals surface area contributed by atoms with Gasteiger partial charge >= 0.3 is 5.97 Å². The fourth-order valence-corrected chi connectivity index (χ4v) is 1.63. The van der Waals surface area contributed by atoms with Gasteiger partial charge in [0.2, 0.25) is 0 Å². The lowest BCUT2D eigenvalue weighted by molar-refractivity contribution is -0.111. The number of carbonyl (C=O) groups excluding carboxylic acids is 2. The van der Waals surface area contributed by atoms with Crippen molar-refractivity contribution in [1.29, 1.82) is 0 Å². The van der Waals surface area contributed by atoms with Crippen LogP contribution in [0.2, 0.25) is 0 Å². The van der Waals surface area contributed by atoms with E-state index in [0.29, 0.717) is 11.1 Å². The molecule has 0 unspecified atom stereocenters. The molecule has 4 heteroatoms. The summed E-state index contributed by atoms with van der Waals surface area (Å²) in [5.74, 6) is -0.864. The summed E-state index contributed by atoms with van der Waals surface area (Å²) in [7, 11) is 0. The van der Waals surface area contributed by atoms with E-state index < -0.39 is 5.97 Å². The average Bonchev–Trinajstić information content (AvgIpc) is 2.49. The standard InChI is InChI=1S/C16H13NO3/c1-12(18)15(13-8-4-2-5-9-13)17-20-16(19)14-10-6-3-7-11-14/h2-11H,1H3/b17-15+. The minimum atomic E-state index is -0.597. The van der Waals surface area contributed by atoms with Crippen molar-refractivity contribution in [2.75, 3.05) is 0 Å². The van der Waals surface area contributed by atoms with Gasteiger partial charge in [0.15, 0.2) is 11.5 Å². The van der Waals surface area contributed by atoms with Crippen molar-refractivity contribution < 1.29 is 14.4 Å². The molecule has 100 valence electrons. The molecule has 0 aliphatic rings. The van der Waals surface area contributed by atoms with E-state index in [2.05, 4.69) is 5.16 Å². The lowest BCUT2D eigenvalue weighted by Gasteiger charge is -2.02. The minimum absolute atomic E-state index is 0.120. The van der Waals surface area contributed by atoms with E-state index in [4.69, 9.17) is 4.84 Å². The van der Waals surface area contributed by atoms with Crippen LogP contribution in [0.15, 0.2) is 65.8 Å². The Kier molecular flexibility index (Phi) is 4.39. The van der Waals surface area contributed by atoms with E-state index >= 15 is 0 Å². The summed E-state index contributed by atoms with van der Waals surface area (Å²) in [5, 5.41) is 3.69. The first-order valence-electron chi connectivity index (χ1n) is 6.09. The first kappa shape index (κ1) is 13.7. The molecule has 2 rings (SSSR count). The van der Waals surface area contributed by atoms with E-state index in [1.54, 1.807) is 54.6 Å². The maximum absolute atomic E-state index is 11.8. The summed E-state index contributed by atoms with van der Waals surface area (Å²) in [4.78, 5) is 28.2. The Morgan fingerprint density at radius 3 is 1.85 bits per heavy atom. The smallest absolute Gasteiger partial charge is 0.312 e. The van der Waals surface area contributed by atoms with Crippen LogP contribution >= 0.6 is 0 Å². The van der Waals surface area contributed by atoms with Crippen molar-refractivity contribution in [3.8, 4) is 0 Å². The van der Waals surface area contributed by atoms with Gasteiger partial charge < -0.3 is 4.84 Å². The van der Waals surface area contributed by atoms with Crippen LogP contribution in [0.4, 0.5) is 0 Å². The fraction of sp³-hybridized carbons (Fsp3) is 0.0625. The van der Waals surface area contributed by atoms with Crippen molar-refractivity contribution in [2.45, 2.75) is 6.92 Å². The zero-order chi connectivity index (χ0) is 14.4. The molecule has 0 aromatic heterocycles. The molecule has 2 aromatic rings. The molecule has 0 atom stereocenters.